The van der Waals surface area contributed by atoms with E-state index >= 15 is 0 Å². The minimum atomic E-state index is -3.61. The lowest BCUT2D eigenvalue weighted by Gasteiger charge is -2.28. The summed E-state index contributed by atoms with van der Waals surface area (Å²) in [5, 5.41) is 2.81. The molecule has 0 bridgehead atoms. The Morgan fingerprint density at radius 2 is 1.67 bits per heavy atom. The van der Waals surface area contributed by atoms with Crippen LogP contribution in [0.5, 0.6) is 0 Å². The number of anilines is 2. The molecule has 1 amide bonds. The van der Waals surface area contributed by atoms with Crippen molar-refractivity contribution in [3.63, 3.8) is 0 Å². The van der Waals surface area contributed by atoms with E-state index in [-0.39, 0.29) is 5.91 Å². The molecule has 0 fully saturated rings. The first kappa shape index (κ1) is 21.0. The summed E-state index contributed by atoms with van der Waals surface area (Å²) in [6.07, 6.45) is 4.38. The van der Waals surface area contributed by atoms with Crippen molar-refractivity contribution in [1.82, 2.24) is 0 Å². The van der Waals surface area contributed by atoms with E-state index in [0.29, 0.717) is 11.4 Å². The summed E-state index contributed by atoms with van der Waals surface area (Å²) in [6, 6.07) is 13.9. The molecular formula is C21H28N2O3S. The van der Waals surface area contributed by atoms with Gasteiger partial charge in [-0.15, -0.1) is 0 Å². The smallest absolute Gasteiger partial charge is 0.247 e. The normalized spacial score (nSPS) is 12.4. The van der Waals surface area contributed by atoms with E-state index in [4.69, 9.17) is 0 Å². The van der Waals surface area contributed by atoms with Gasteiger partial charge in [0.15, 0.2) is 0 Å². The molecule has 2 aromatic carbocycles. The number of hydrogen-bond acceptors (Lipinski definition) is 3. The first-order chi connectivity index (χ1) is 12.7. The van der Waals surface area contributed by atoms with Gasteiger partial charge < -0.3 is 5.32 Å². The van der Waals surface area contributed by atoms with Crippen LogP contribution >= 0.6 is 0 Å². The summed E-state index contributed by atoms with van der Waals surface area (Å²) < 4.78 is 25.8. The van der Waals surface area contributed by atoms with Crippen LogP contribution in [0.15, 0.2) is 48.5 Å². The number of nitrogens with one attached hydrogen (secondary N) is 1. The molecule has 0 spiro atoms. The van der Waals surface area contributed by atoms with Gasteiger partial charge in [-0.05, 0) is 56.5 Å². The number of carbonyl (C=O) groups excluding carboxylic acids is 1. The fourth-order valence-corrected chi connectivity index (χ4v) is 4.06. The Kier molecular flexibility index (Phi) is 7.02. The summed E-state index contributed by atoms with van der Waals surface area (Å²) in [6.45, 7) is 5.66. The van der Waals surface area contributed by atoms with Crippen LogP contribution in [0.4, 0.5) is 11.4 Å². The van der Waals surface area contributed by atoms with Crippen molar-refractivity contribution in [2.45, 2.75) is 46.1 Å². The van der Waals surface area contributed by atoms with Crippen LogP contribution < -0.4 is 9.62 Å². The highest BCUT2D eigenvalue weighted by atomic mass is 32.2. The Bertz CT molecular complexity index is 859. The Hall–Kier alpha value is -2.34. The zero-order valence-electron chi connectivity index (χ0n) is 16.4. The van der Waals surface area contributed by atoms with E-state index in [1.807, 2.05) is 43.3 Å². The molecule has 1 atom stereocenters. The summed E-state index contributed by atoms with van der Waals surface area (Å²) in [4.78, 5) is 12.7. The van der Waals surface area contributed by atoms with Gasteiger partial charge in [0.05, 0.1) is 11.9 Å². The highest BCUT2D eigenvalue weighted by Crippen LogP contribution is 2.22. The molecule has 146 valence electrons. The average Bonchev–Trinajstić information content (AvgIpc) is 2.61. The van der Waals surface area contributed by atoms with E-state index in [9.17, 15) is 13.2 Å². The van der Waals surface area contributed by atoms with Gasteiger partial charge in [-0.1, -0.05) is 43.2 Å². The number of rotatable bonds is 8. The summed E-state index contributed by atoms with van der Waals surface area (Å²) in [5.41, 5.74) is 3.37. The van der Waals surface area contributed by atoms with Crippen molar-refractivity contribution in [3.8, 4) is 0 Å². The monoisotopic (exact) mass is 388 g/mol. The maximum atomic E-state index is 12.7. The minimum Gasteiger partial charge on any atom is -0.324 e. The molecule has 6 heteroatoms. The van der Waals surface area contributed by atoms with E-state index in [0.717, 1.165) is 35.4 Å². The van der Waals surface area contributed by atoms with Gasteiger partial charge >= 0.3 is 0 Å². The van der Waals surface area contributed by atoms with Gasteiger partial charge in [0, 0.05) is 5.69 Å². The lowest BCUT2D eigenvalue weighted by atomic mass is 10.1. The number of hydrogen-bond donors (Lipinski definition) is 1. The topological polar surface area (TPSA) is 66.5 Å². The number of aryl methyl sites for hydroxylation is 2. The third-order valence-electron chi connectivity index (χ3n) is 4.42. The fraction of sp³-hybridized carbons (Fsp3) is 0.381. The van der Waals surface area contributed by atoms with E-state index in [1.165, 1.54) is 5.56 Å². The SMILES string of the molecule is CCCCc1ccc(NC(=O)C(C)N(c2ccc(C)cc2)S(C)(=O)=O)cc1. The number of benzene rings is 2. The number of carbonyl (C=O) groups is 1. The molecular weight excluding hydrogens is 360 g/mol. The molecule has 0 saturated heterocycles. The van der Waals surface area contributed by atoms with Gasteiger partial charge in [0.2, 0.25) is 15.9 Å². The second kappa shape index (κ2) is 9.04. The van der Waals surface area contributed by atoms with Gasteiger partial charge in [-0.3, -0.25) is 9.10 Å². The van der Waals surface area contributed by atoms with E-state index in [2.05, 4.69) is 12.2 Å². The second-order valence-corrected chi connectivity index (χ2v) is 8.72. The molecule has 0 aliphatic carbocycles. The first-order valence-electron chi connectivity index (χ1n) is 9.18. The van der Waals surface area contributed by atoms with E-state index in [1.54, 1.807) is 19.1 Å². The predicted octanol–water partition coefficient (Wildman–Crippen LogP) is 4.13. The van der Waals surface area contributed by atoms with Gasteiger partial charge in [-0.2, -0.15) is 0 Å². The molecule has 0 radical (unpaired) electrons. The molecule has 5 nitrogen and oxygen atoms in total. The Balaban J connectivity index is 2.16. The standard InChI is InChI=1S/C21H28N2O3S/c1-5-6-7-18-10-12-19(13-11-18)22-21(24)17(3)23(27(4,25)26)20-14-8-16(2)9-15-20/h8-15,17H,5-7H2,1-4H3,(H,22,24). The van der Waals surface area contributed by atoms with E-state index < -0.39 is 16.1 Å². The van der Waals surface area contributed by atoms with Crippen molar-refractivity contribution in [2.75, 3.05) is 15.9 Å². The lowest BCUT2D eigenvalue weighted by Crippen LogP contribution is -2.45. The van der Waals surface area contributed by atoms with Crippen molar-refractivity contribution in [2.24, 2.45) is 0 Å². The molecule has 0 aliphatic rings. The molecule has 2 rings (SSSR count). The number of nitrogens with zero attached hydrogens (tertiary/aromatic N) is 1. The fourth-order valence-electron chi connectivity index (χ4n) is 2.88. The van der Waals surface area contributed by atoms with Crippen LogP contribution in [0.2, 0.25) is 0 Å². The van der Waals surface area contributed by atoms with Crippen molar-refractivity contribution >= 4 is 27.3 Å². The molecule has 1 N–H and O–H groups in total. The van der Waals surface area contributed by atoms with Crippen LogP contribution in [0.25, 0.3) is 0 Å². The van der Waals surface area contributed by atoms with Crippen LogP contribution in [0.3, 0.4) is 0 Å². The van der Waals surface area contributed by atoms with Crippen LogP contribution in [0, 0.1) is 6.92 Å². The highest BCUT2D eigenvalue weighted by molar-refractivity contribution is 7.92. The Morgan fingerprint density at radius 1 is 1.07 bits per heavy atom. The van der Waals surface area contributed by atoms with Crippen LogP contribution in [0.1, 0.15) is 37.8 Å². The largest absolute Gasteiger partial charge is 0.324 e. The van der Waals surface area contributed by atoms with Crippen LogP contribution in [-0.4, -0.2) is 26.6 Å². The minimum absolute atomic E-state index is 0.373. The zero-order chi connectivity index (χ0) is 20.0. The molecule has 0 aromatic heterocycles. The van der Waals surface area contributed by atoms with Crippen molar-refractivity contribution in [1.29, 1.82) is 0 Å². The third kappa shape index (κ3) is 5.82. The predicted molar refractivity (Wildman–Crippen MR) is 112 cm³/mol. The summed E-state index contributed by atoms with van der Waals surface area (Å²) >= 11 is 0. The second-order valence-electron chi connectivity index (χ2n) is 6.86. The number of amides is 1. The zero-order valence-corrected chi connectivity index (χ0v) is 17.2. The maximum absolute atomic E-state index is 12.7. The van der Waals surface area contributed by atoms with Gasteiger partial charge in [0.1, 0.15) is 6.04 Å². The molecule has 27 heavy (non-hydrogen) atoms. The molecule has 0 heterocycles. The first-order valence-corrected chi connectivity index (χ1v) is 11.0. The third-order valence-corrected chi connectivity index (χ3v) is 5.66. The average molecular weight is 389 g/mol. The van der Waals surface area contributed by atoms with Gasteiger partial charge in [0.25, 0.3) is 0 Å². The quantitative estimate of drug-likeness (QED) is 0.739. The Labute approximate surface area is 162 Å². The summed E-state index contributed by atoms with van der Waals surface area (Å²) in [5.74, 6) is -0.373. The van der Waals surface area contributed by atoms with Crippen molar-refractivity contribution in [3.05, 3.63) is 59.7 Å². The lowest BCUT2D eigenvalue weighted by molar-refractivity contribution is -0.116. The number of sulfonamides is 1. The van der Waals surface area contributed by atoms with Crippen LogP contribution in [-0.2, 0) is 21.2 Å². The van der Waals surface area contributed by atoms with Gasteiger partial charge in [-0.25, -0.2) is 8.42 Å². The van der Waals surface area contributed by atoms with Crippen molar-refractivity contribution < 1.29 is 13.2 Å². The molecule has 2 aromatic rings. The maximum Gasteiger partial charge on any atom is 0.247 e. The molecule has 0 aliphatic heterocycles. The highest BCUT2D eigenvalue weighted by Gasteiger charge is 2.29. The summed E-state index contributed by atoms with van der Waals surface area (Å²) in [7, 11) is -3.61. The molecule has 1 unspecified atom stereocenters. The molecule has 0 saturated carbocycles. The number of unbranched alkanes of at least 4 members (excludes halogenated alkanes) is 1. The Morgan fingerprint density at radius 3 is 2.19 bits per heavy atom.